The molecule has 2 rings (SSSR count). The summed E-state index contributed by atoms with van der Waals surface area (Å²) in [6.07, 6.45) is 1.11. The van der Waals surface area contributed by atoms with Gasteiger partial charge in [0.25, 0.3) is 0 Å². The fourth-order valence-corrected chi connectivity index (χ4v) is 3.19. The zero-order chi connectivity index (χ0) is 18.4. The molecule has 25 heavy (non-hydrogen) atoms. The van der Waals surface area contributed by atoms with Crippen LogP contribution in [0.1, 0.15) is 49.3 Å². The van der Waals surface area contributed by atoms with Gasteiger partial charge < -0.3 is 10.1 Å². The van der Waals surface area contributed by atoms with Crippen molar-refractivity contribution >= 4 is 27.5 Å². The smallest absolute Gasteiger partial charge is 0.224 e. The normalized spacial score (nSPS) is 10.8. The molecule has 0 bridgehead atoms. The maximum absolute atomic E-state index is 12.1. The van der Waals surface area contributed by atoms with Gasteiger partial charge in [-0.05, 0) is 83.1 Å². The van der Waals surface area contributed by atoms with Gasteiger partial charge in [-0.3, -0.25) is 4.79 Å². The lowest BCUT2D eigenvalue weighted by molar-refractivity contribution is -0.116. The van der Waals surface area contributed by atoms with Gasteiger partial charge >= 0.3 is 0 Å². The Morgan fingerprint density at radius 2 is 1.80 bits per heavy atom. The number of nitrogens with one attached hydrogen (secondary N) is 1. The number of rotatable bonds is 7. The highest BCUT2D eigenvalue weighted by atomic mass is 79.9. The third kappa shape index (κ3) is 6.20. The third-order valence-corrected chi connectivity index (χ3v) is 4.55. The summed E-state index contributed by atoms with van der Waals surface area (Å²) in [7, 11) is 0. The van der Waals surface area contributed by atoms with Crippen molar-refractivity contribution in [3.63, 3.8) is 0 Å². The van der Waals surface area contributed by atoms with Crippen molar-refractivity contribution in [3.05, 3.63) is 57.6 Å². The maximum Gasteiger partial charge on any atom is 0.224 e. The highest BCUT2D eigenvalue weighted by Gasteiger charge is 2.07. The number of hydrogen-bond donors (Lipinski definition) is 1. The van der Waals surface area contributed by atoms with E-state index in [2.05, 4.69) is 53.3 Å². The number of benzene rings is 2. The van der Waals surface area contributed by atoms with E-state index in [9.17, 15) is 4.79 Å². The Hall–Kier alpha value is -1.81. The second-order valence-corrected chi connectivity index (χ2v) is 7.58. The quantitative estimate of drug-likeness (QED) is 0.576. The van der Waals surface area contributed by atoms with Crippen LogP contribution in [0, 0.1) is 13.8 Å². The van der Waals surface area contributed by atoms with E-state index in [1.165, 1.54) is 5.56 Å². The van der Waals surface area contributed by atoms with Crippen molar-refractivity contribution in [3.8, 4) is 5.75 Å². The van der Waals surface area contributed by atoms with Crippen LogP contribution in [0.15, 0.2) is 40.9 Å². The first-order chi connectivity index (χ1) is 11.8. The lowest BCUT2D eigenvalue weighted by Gasteiger charge is -2.11. The van der Waals surface area contributed by atoms with Crippen LogP contribution >= 0.6 is 15.9 Å². The first-order valence-electron chi connectivity index (χ1n) is 8.65. The molecule has 0 saturated heterocycles. The van der Waals surface area contributed by atoms with Gasteiger partial charge in [0.15, 0.2) is 0 Å². The Morgan fingerprint density at radius 1 is 1.12 bits per heavy atom. The van der Waals surface area contributed by atoms with Crippen LogP contribution in [0.5, 0.6) is 5.75 Å². The van der Waals surface area contributed by atoms with E-state index in [-0.39, 0.29) is 5.91 Å². The number of aryl methyl sites for hydroxylation is 2. The van der Waals surface area contributed by atoms with Crippen molar-refractivity contribution in [1.29, 1.82) is 0 Å². The molecule has 0 heterocycles. The predicted molar refractivity (Wildman–Crippen MR) is 108 cm³/mol. The molecule has 0 saturated carbocycles. The van der Waals surface area contributed by atoms with Gasteiger partial charge in [0.2, 0.25) is 5.91 Å². The fourth-order valence-electron chi connectivity index (χ4n) is 2.68. The number of halogens is 1. The van der Waals surface area contributed by atoms with Crippen molar-refractivity contribution in [1.82, 2.24) is 0 Å². The molecule has 0 aliphatic rings. The molecular weight excluding hydrogens is 378 g/mol. The summed E-state index contributed by atoms with van der Waals surface area (Å²) in [4.78, 5) is 12.1. The number of ether oxygens (including phenoxy) is 1. The SMILES string of the molecule is Cc1cc(C)cc(NC(=O)CCCOc2ccc(C(C)C)cc2Br)c1. The lowest BCUT2D eigenvalue weighted by Crippen LogP contribution is -2.13. The van der Waals surface area contributed by atoms with Crippen molar-refractivity contribution in [2.24, 2.45) is 0 Å². The van der Waals surface area contributed by atoms with Crippen molar-refractivity contribution in [2.45, 2.75) is 46.5 Å². The molecule has 3 nitrogen and oxygen atoms in total. The van der Waals surface area contributed by atoms with Gasteiger partial charge in [-0.2, -0.15) is 0 Å². The predicted octanol–water partition coefficient (Wildman–Crippen LogP) is 5.99. The molecule has 4 heteroatoms. The van der Waals surface area contributed by atoms with Crippen LogP contribution in [0.4, 0.5) is 5.69 Å². The van der Waals surface area contributed by atoms with Crippen molar-refractivity contribution in [2.75, 3.05) is 11.9 Å². The molecule has 2 aromatic carbocycles. The van der Waals surface area contributed by atoms with E-state index in [1.54, 1.807) is 0 Å². The number of carbonyl (C=O) groups is 1. The summed E-state index contributed by atoms with van der Waals surface area (Å²) in [6, 6.07) is 12.2. The number of anilines is 1. The van der Waals surface area contributed by atoms with E-state index in [4.69, 9.17) is 4.74 Å². The van der Waals surface area contributed by atoms with Gasteiger partial charge in [0, 0.05) is 12.1 Å². The van der Waals surface area contributed by atoms with E-state index >= 15 is 0 Å². The van der Waals surface area contributed by atoms with Crippen LogP contribution < -0.4 is 10.1 Å². The van der Waals surface area contributed by atoms with Crippen LogP contribution in [-0.2, 0) is 4.79 Å². The van der Waals surface area contributed by atoms with Crippen LogP contribution in [0.2, 0.25) is 0 Å². The number of carbonyl (C=O) groups excluding carboxylic acids is 1. The van der Waals surface area contributed by atoms with E-state index in [0.717, 1.165) is 27.0 Å². The van der Waals surface area contributed by atoms with E-state index in [0.29, 0.717) is 25.4 Å². The molecule has 2 aromatic rings. The van der Waals surface area contributed by atoms with Crippen LogP contribution in [-0.4, -0.2) is 12.5 Å². The Kier molecular flexibility index (Phi) is 7.06. The molecule has 1 amide bonds. The minimum Gasteiger partial charge on any atom is -0.492 e. The van der Waals surface area contributed by atoms with Gasteiger partial charge in [-0.15, -0.1) is 0 Å². The standard InChI is InChI=1S/C21H26BrNO2/c1-14(2)17-7-8-20(19(22)13-17)25-9-5-6-21(24)23-18-11-15(3)10-16(4)12-18/h7-8,10-14H,5-6,9H2,1-4H3,(H,23,24). The first kappa shape index (κ1) is 19.5. The molecule has 0 atom stereocenters. The molecule has 0 aromatic heterocycles. The molecule has 0 unspecified atom stereocenters. The molecule has 0 aliphatic carbocycles. The summed E-state index contributed by atoms with van der Waals surface area (Å²) >= 11 is 3.55. The summed E-state index contributed by atoms with van der Waals surface area (Å²) in [6.45, 7) is 8.89. The first-order valence-corrected chi connectivity index (χ1v) is 9.45. The highest BCUT2D eigenvalue weighted by Crippen LogP contribution is 2.29. The average molecular weight is 404 g/mol. The summed E-state index contributed by atoms with van der Waals surface area (Å²) in [5, 5.41) is 2.95. The molecular formula is C21H26BrNO2. The van der Waals surface area contributed by atoms with Crippen molar-refractivity contribution < 1.29 is 9.53 Å². The van der Waals surface area contributed by atoms with E-state index < -0.39 is 0 Å². The van der Waals surface area contributed by atoms with Gasteiger partial charge in [-0.25, -0.2) is 0 Å². The zero-order valence-corrected chi connectivity index (χ0v) is 16.9. The minimum atomic E-state index is 0.0165. The topological polar surface area (TPSA) is 38.3 Å². The molecule has 0 aliphatic heterocycles. The number of amides is 1. The molecule has 0 fully saturated rings. The molecule has 1 N–H and O–H groups in total. The molecule has 134 valence electrons. The van der Waals surface area contributed by atoms with Gasteiger partial charge in [0.05, 0.1) is 11.1 Å². The highest BCUT2D eigenvalue weighted by molar-refractivity contribution is 9.10. The summed E-state index contributed by atoms with van der Waals surface area (Å²) in [5.41, 5.74) is 4.42. The Bertz CT molecular complexity index is 720. The monoisotopic (exact) mass is 403 g/mol. The third-order valence-electron chi connectivity index (χ3n) is 3.93. The minimum absolute atomic E-state index is 0.0165. The zero-order valence-electron chi connectivity index (χ0n) is 15.4. The Balaban J connectivity index is 1.78. The average Bonchev–Trinajstić information content (AvgIpc) is 2.51. The van der Waals surface area contributed by atoms with Crippen LogP contribution in [0.3, 0.4) is 0 Å². The largest absolute Gasteiger partial charge is 0.492 e. The second kappa shape index (κ2) is 9.04. The molecule has 0 radical (unpaired) electrons. The Labute approximate surface area is 158 Å². The van der Waals surface area contributed by atoms with Gasteiger partial charge in [-0.1, -0.05) is 26.0 Å². The summed E-state index contributed by atoms with van der Waals surface area (Å²) in [5.74, 6) is 1.32. The van der Waals surface area contributed by atoms with E-state index in [1.807, 2.05) is 32.0 Å². The summed E-state index contributed by atoms with van der Waals surface area (Å²) < 4.78 is 6.74. The maximum atomic E-state index is 12.1. The molecule has 0 spiro atoms. The fraction of sp³-hybridized carbons (Fsp3) is 0.381. The lowest BCUT2D eigenvalue weighted by atomic mass is 10.0. The Morgan fingerprint density at radius 3 is 2.40 bits per heavy atom. The van der Waals surface area contributed by atoms with Gasteiger partial charge in [0.1, 0.15) is 5.75 Å². The second-order valence-electron chi connectivity index (χ2n) is 6.72. The number of hydrogen-bond acceptors (Lipinski definition) is 2. The van der Waals surface area contributed by atoms with Crippen LogP contribution in [0.25, 0.3) is 0 Å².